The lowest BCUT2D eigenvalue weighted by atomic mass is 9.76. The number of piperidine rings is 1. The highest BCUT2D eigenvalue weighted by Gasteiger charge is 2.44. The Morgan fingerprint density at radius 3 is 2.59 bits per heavy atom. The molecule has 170 valence electrons. The number of rotatable bonds is 5. The molecule has 1 aromatic heterocycles. The molecule has 1 atom stereocenters. The number of nitrogens with one attached hydrogen (secondary N) is 1. The van der Waals surface area contributed by atoms with Crippen LogP contribution < -0.4 is 10.1 Å². The van der Waals surface area contributed by atoms with E-state index in [0.29, 0.717) is 36.8 Å². The number of fused-ring (bicyclic) bond motifs is 1. The number of ether oxygens (including phenoxy) is 1. The molecule has 2 amide bonds. The molecule has 6 heteroatoms. The Labute approximate surface area is 189 Å². The third-order valence-corrected chi connectivity index (χ3v) is 7.25. The molecule has 1 N–H and O–H groups in total. The lowest BCUT2D eigenvalue weighted by Gasteiger charge is -2.47. The first kappa shape index (κ1) is 21.1. The fourth-order valence-corrected chi connectivity index (χ4v) is 5.24. The van der Waals surface area contributed by atoms with Gasteiger partial charge in [-0.05, 0) is 56.7 Å². The Kier molecular flexibility index (Phi) is 5.48. The van der Waals surface area contributed by atoms with E-state index in [0.717, 1.165) is 42.9 Å². The average Bonchev–Trinajstić information content (AvgIpc) is 3.54. The maximum absolute atomic E-state index is 13.0. The zero-order valence-electron chi connectivity index (χ0n) is 19.0. The van der Waals surface area contributed by atoms with Crippen molar-refractivity contribution in [3.63, 3.8) is 0 Å². The normalized spacial score (nSPS) is 21.7. The number of aryl methyl sites for hydroxylation is 2. The van der Waals surface area contributed by atoms with Crippen LogP contribution in [0, 0.1) is 19.8 Å². The lowest BCUT2D eigenvalue weighted by molar-refractivity contribution is -0.122. The van der Waals surface area contributed by atoms with E-state index < -0.39 is 0 Å². The van der Waals surface area contributed by atoms with Crippen LogP contribution in [0.5, 0.6) is 5.75 Å². The van der Waals surface area contributed by atoms with Gasteiger partial charge < -0.3 is 19.4 Å². The minimum absolute atomic E-state index is 0.0291. The zero-order chi connectivity index (χ0) is 22.3. The van der Waals surface area contributed by atoms with E-state index >= 15 is 0 Å². The third kappa shape index (κ3) is 4.27. The molecule has 32 heavy (non-hydrogen) atoms. The number of carbonyl (C=O) groups excluding carboxylic acids is 2. The summed E-state index contributed by atoms with van der Waals surface area (Å²) in [7, 11) is 0. The predicted molar refractivity (Wildman–Crippen MR) is 121 cm³/mol. The fourth-order valence-electron chi connectivity index (χ4n) is 5.24. The van der Waals surface area contributed by atoms with Gasteiger partial charge in [0.05, 0.1) is 5.56 Å². The summed E-state index contributed by atoms with van der Waals surface area (Å²) in [6.45, 7) is 5.80. The predicted octanol–water partition coefficient (Wildman–Crippen LogP) is 4.35. The van der Waals surface area contributed by atoms with Crippen LogP contribution in [0.2, 0.25) is 0 Å². The van der Waals surface area contributed by atoms with E-state index in [1.165, 1.54) is 12.8 Å². The second kappa shape index (κ2) is 8.30. The van der Waals surface area contributed by atoms with Crippen molar-refractivity contribution >= 4 is 11.8 Å². The largest absolute Gasteiger partial charge is 0.487 e. The van der Waals surface area contributed by atoms with Gasteiger partial charge in [0.25, 0.3) is 5.91 Å². The van der Waals surface area contributed by atoms with Gasteiger partial charge in [0.1, 0.15) is 22.9 Å². The molecule has 1 aliphatic carbocycles. The summed E-state index contributed by atoms with van der Waals surface area (Å²) < 4.78 is 12.1. The lowest BCUT2D eigenvalue weighted by Crippen LogP contribution is -2.52. The van der Waals surface area contributed by atoms with Crippen molar-refractivity contribution in [3.05, 3.63) is 53.0 Å². The molecule has 0 unspecified atom stereocenters. The molecule has 3 heterocycles. The highest BCUT2D eigenvalue weighted by molar-refractivity contribution is 5.95. The maximum atomic E-state index is 13.0. The highest BCUT2D eigenvalue weighted by Crippen LogP contribution is 2.46. The molecule has 1 spiro atoms. The molecular formula is C26H32N2O4. The fraction of sp³-hybridized carbons (Fsp3) is 0.538. The van der Waals surface area contributed by atoms with Gasteiger partial charge in [-0.2, -0.15) is 0 Å². The molecular weight excluding hydrogens is 404 g/mol. The first-order chi connectivity index (χ1) is 15.4. The zero-order valence-corrected chi connectivity index (χ0v) is 19.0. The Morgan fingerprint density at radius 1 is 1.16 bits per heavy atom. The molecule has 5 rings (SSSR count). The van der Waals surface area contributed by atoms with Crippen molar-refractivity contribution in [1.29, 1.82) is 0 Å². The number of likely N-dealkylation sites (tertiary alicyclic amines) is 1. The minimum Gasteiger partial charge on any atom is -0.487 e. The molecule has 6 nitrogen and oxygen atoms in total. The van der Waals surface area contributed by atoms with Gasteiger partial charge in [0.15, 0.2) is 0 Å². The van der Waals surface area contributed by atoms with Crippen molar-refractivity contribution < 1.29 is 18.7 Å². The van der Waals surface area contributed by atoms with Crippen LogP contribution in [-0.2, 0) is 4.79 Å². The molecule has 3 aliphatic rings. The van der Waals surface area contributed by atoms with Crippen LogP contribution in [0.3, 0.4) is 0 Å². The number of benzene rings is 1. The Morgan fingerprint density at radius 2 is 1.91 bits per heavy atom. The van der Waals surface area contributed by atoms with E-state index in [2.05, 4.69) is 11.4 Å². The Bertz CT molecular complexity index is 1010. The van der Waals surface area contributed by atoms with Crippen LogP contribution in [0.15, 0.2) is 34.7 Å². The summed E-state index contributed by atoms with van der Waals surface area (Å²) in [4.78, 5) is 27.6. The average molecular weight is 437 g/mol. The van der Waals surface area contributed by atoms with E-state index in [9.17, 15) is 9.59 Å². The second-order valence-corrected chi connectivity index (χ2v) is 9.79. The Balaban J connectivity index is 1.28. The van der Waals surface area contributed by atoms with Crippen molar-refractivity contribution in [2.75, 3.05) is 19.6 Å². The van der Waals surface area contributed by atoms with E-state index in [-0.39, 0.29) is 23.3 Å². The van der Waals surface area contributed by atoms with Gasteiger partial charge in [-0.15, -0.1) is 0 Å². The minimum atomic E-state index is -0.325. The molecule has 1 aromatic carbocycles. The van der Waals surface area contributed by atoms with Crippen LogP contribution in [0.1, 0.15) is 71.9 Å². The molecule has 1 saturated carbocycles. The van der Waals surface area contributed by atoms with Gasteiger partial charge >= 0.3 is 0 Å². The van der Waals surface area contributed by atoms with Crippen LogP contribution in [0.25, 0.3) is 0 Å². The number of hydrogen-bond donors (Lipinski definition) is 1. The molecule has 2 aromatic rings. The molecule has 2 aliphatic heterocycles. The van der Waals surface area contributed by atoms with Crippen molar-refractivity contribution in [2.45, 2.75) is 63.9 Å². The van der Waals surface area contributed by atoms with E-state index in [1.807, 2.05) is 43.0 Å². The smallest absolute Gasteiger partial charge is 0.257 e. The monoisotopic (exact) mass is 436 g/mol. The molecule has 0 radical (unpaired) electrons. The summed E-state index contributed by atoms with van der Waals surface area (Å²) >= 11 is 0. The van der Waals surface area contributed by atoms with Gasteiger partial charge in [0, 0.05) is 44.8 Å². The quantitative estimate of drug-likeness (QED) is 0.756. The first-order valence-electron chi connectivity index (χ1n) is 11.8. The van der Waals surface area contributed by atoms with Crippen LogP contribution in [0.4, 0.5) is 0 Å². The third-order valence-electron chi connectivity index (χ3n) is 7.25. The molecule has 0 bridgehead atoms. The summed E-state index contributed by atoms with van der Waals surface area (Å²) in [5.74, 6) is 3.30. The van der Waals surface area contributed by atoms with Crippen molar-refractivity contribution in [2.24, 2.45) is 5.92 Å². The van der Waals surface area contributed by atoms with Gasteiger partial charge in [-0.3, -0.25) is 9.59 Å². The van der Waals surface area contributed by atoms with Gasteiger partial charge in [-0.25, -0.2) is 0 Å². The maximum Gasteiger partial charge on any atom is 0.257 e. The summed E-state index contributed by atoms with van der Waals surface area (Å²) in [6, 6.07) is 9.94. The van der Waals surface area contributed by atoms with Crippen LogP contribution >= 0.6 is 0 Å². The number of carbonyl (C=O) groups is 2. The summed E-state index contributed by atoms with van der Waals surface area (Å²) in [6.07, 6.45) is 5.30. The number of amides is 2. The molecule has 1 saturated heterocycles. The van der Waals surface area contributed by atoms with E-state index in [4.69, 9.17) is 9.15 Å². The molecule has 2 fully saturated rings. The second-order valence-electron chi connectivity index (χ2n) is 9.79. The highest BCUT2D eigenvalue weighted by atomic mass is 16.5. The SMILES string of the molecule is Cc1cc(C(=O)N2CCC3(CC2)C[C@H](CC(=O)NCC2CC2)c2ccccc2O3)c(C)o1. The van der Waals surface area contributed by atoms with Gasteiger partial charge in [-0.1, -0.05) is 18.2 Å². The summed E-state index contributed by atoms with van der Waals surface area (Å²) in [5, 5.41) is 3.12. The van der Waals surface area contributed by atoms with Crippen LogP contribution in [-0.4, -0.2) is 41.9 Å². The number of hydrogen-bond acceptors (Lipinski definition) is 4. The first-order valence-corrected chi connectivity index (χ1v) is 11.8. The number of para-hydroxylation sites is 1. The van der Waals surface area contributed by atoms with Crippen molar-refractivity contribution in [3.8, 4) is 5.75 Å². The summed E-state index contributed by atoms with van der Waals surface area (Å²) in [5.41, 5.74) is 1.45. The van der Waals surface area contributed by atoms with E-state index in [1.54, 1.807) is 0 Å². The van der Waals surface area contributed by atoms with Crippen molar-refractivity contribution in [1.82, 2.24) is 10.2 Å². The van der Waals surface area contributed by atoms with Gasteiger partial charge in [0.2, 0.25) is 5.91 Å². The Hall–Kier alpha value is -2.76. The number of nitrogens with zero attached hydrogens (tertiary/aromatic N) is 1. The standard InChI is InChI=1S/C26H32N2O4/c1-17-13-22(18(2)31-17)25(30)28-11-9-26(10-12-28)15-20(14-24(29)27-16-19-7-8-19)21-5-3-4-6-23(21)32-26/h3-6,13,19-20H,7-12,14-16H2,1-2H3,(H,27,29)/t20-/m0/s1. The number of furan rings is 1. The topological polar surface area (TPSA) is 71.8 Å².